The fourth-order valence-electron chi connectivity index (χ4n) is 3.88. The minimum atomic E-state index is -0.550. The molecule has 0 bridgehead atoms. The molecule has 2 unspecified atom stereocenters. The van der Waals surface area contributed by atoms with Gasteiger partial charge in [0.1, 0.15) is 0 Å². The molecule has 0 saturated carbocycles. The van der Waals surface area contributed by atoms with E-state index in [9.17, 15) is 9.59 Å². The maximum absolute atomic E-state index is 13.1. The van der Waals surface area contributed by atoms with E-state index >= 15 is 0 Å². The van der Waals surface area contributed by atoms with Crippen LogP contribution in [-0.2, 0) is 4.79 Å². The number of nitrogen functional groups attached to an aromatic ring is 1. The van der Waals surface area contributed by atoms with Crippen LogP contribution in [0.1, 0.15) is 20.8 Å². The van der Waals surface area contributed by atoms with E-state index in [-0.39, 0.29) is 17.9 Å². The number of para-hydroxylation sites is 2. The van der Waals surface area contributed by atoms with E-state index < -0.39 is 12.2 Å². The van der Waals surface area contributed by atoms with Gasteiger partial charge >= 0.3 is 6.03 Å². The maximum Gasteiger partial charge on any atom is 0.328 e. The van der Waals surface area contributed by atoms with Gasteiger partial charge in [0, 0.05) is 25.5 Å². The van der Waals surface area contributed by atoms with Gasteiger partial charge in [-0.1, -0.05) is 26.0 Å². The Balaban J connectivity index is 1.73. The van der Waals surface area contributed by atoms with Gasteiger partial charge < -0.3 is 15.5 Å². The summed E-state index contributed by atoms with van der Waals surface area (Å²) >= 11 is 0. The number of fused-ring (bicyclic) bond motifs is 3. The number of carbonyl (C=O) groups is 2. The number of nitrogens with zero attached hydrogens (tertiary/aromatic N) is 5. The fraction of sp³-hybridized carbons (Fsp3) is 0.421. The van der Waals surface area contributed by atoms with Gasteiger partial charge in [-0.3, -0.25) is 14.6 Å². The zero-order chi connectivity index (χ0) is 19.5. The minimum absolute atomic E-state index is 0.195. The third kappa shape index (κ3) is 2.47. The van der Waals surface area contributed by atoms with Crippen molar-refractivity contribution >= 4 is 29.3 Å². The molecule has 1 aromatic carbocycles. The fourth-order valence-corrected chi connectivity index (χ4v) is 3.88. The average molecular weight is 368 g/mol. The van der Waals surface area contributed by atoms with Crippen LogP contribution in [0.3, 0.4) is 0 Å². The number of aliphatic imine (C=N–C) groups is 1. The molecule has 8 nitrogen and oxygen atoms in total. The molecular weight excluding hydrogens is 344 g/mol. The van der Waals surface area contributed by atoms with E-state index in [1.165, 1.54) is 4.90 Å². The Labute approximate surface area is 158 Å². The molecule has 0 aliphatic carbocycles. The van der Waals surface area contributed by atoms with Crippen LogP contribution in [0.25, 0.3) is 0 Å². The third-order valence-corrected chi connectivity index (χ3v) is 5.11. The summed E-state index contributed by atoms with van der Waals surface area (Å²) in [5, 5.41) is 0. The van der Waals surface area contributed by atoms with Gasteiger partial charge in [-0.15, -0.1) is 0 Å². The van der Waals surface area contributed by atoms with Gasteiger partial charge in [-0.05, 0) is 25.0 Å². The van der Waals surface area contributed by atoms with E-state index in [2.05, 4.69) is 0 Å². The molecule has 2 N–H and O–H groups in total. The first kappa shape index (κ1) is 17.4. The van der Waals surface area contributed by atoms with Gasteiger partial charge in [-0.2, -0.15) is 0 Å². The van der Waals surface area contributed by atoms with Gasteiger partial charge in [0.05, 0.1) is 11.4 Å². The molecule has 0 aromatic heterocycles. The summed E-state index contributed by atoms with van der Waals surface area (Å²) in [4.78, 5) is 37.3. The van der Waals surface area contributed by atoms with Crippen molar-refractivity contribution in [1.29, 1.82) is 0 Å². The number of benzene rings is 1. The van der Waals surface area contributed by atoms with Gasteiger partial charge in [0.25, 0.3) is 5.91 Å². The summed E-state index contributed by atoms with van der Waals surface area (Å²) in [6.07, 6.45) is 1.37. The van der Waals surface area contributed by atoms with Gasteiger partial charge in [-0.25, -0.2) is 9.79 Å². The zero-order valence-corrected chi connectivity index (χ0v) is 16.0. The van der Waals surface area contributed by atoms with Crippen LogP contribution in [0.15, 0.2) is 41.2 Å². The molecule has 0 spiro atoms. The standard InChI is InChI=1S/C19H24N6O2/c1-11(2)9-24-17(26)15-16(22(4)19(24)27)21-18-23(15)10-12(3)25(18)14-8-6-5-7-13(14)20/h5-8,10-11,15-16H,9,20H2,1-4H3. The van der Waals surface area contributed by atoms with Crippen molar-refractivity contribution in [2.45, 2.75) is 33.0 Å². The van der Waals surface area contributed by atoms with Crippen LogP contribution in [0.2, 0.25) is 0 Å². The Bertz CT molecular complexity index is 877. The van der Waals surface area contributed by atoms with Crippen molar-refractivity contribution in [1.82, 2.24) is 14.7 Å². The van der Waals surface area contributed by atoms with Crippen LogP contribution in [-0.4, -0.2) is 58.4 Å². The number of allylic oxidation sites excluding steroid dienone is 1. The molecule has 2 atom stereocenters. The molecule has 3 heterocycles. The first-order valence-corrected chi connectivity index (χ1v) is 9.08. The van der Waals surface area contributed by atoms with Crippen LogP contribution >= 0.6 is 0 Å². The number of nitrogens with two attached hydrogens (primary N) is 1. The number of imide groups is 1. The van der Waals surface area contributed by atoms with Crippen LogP contribution < -0.4 is 10.6 Å². The van der Waals surface area contributed by atoms with Crippen molar-refractivity contribution < 1.29 is 9.59 Å². The first-order valence-electron chi connectivity index (χ1n) is 9.08. The van der Waals surface area contributed by atoms with Crippen LogP contribution in [0.4, 0.5) is 16.2 Å². The molecule has 3 amide bonds. The number of hydrogen-bond acceptors (Lipinski definition) is 6. The number of carbonyl (C=O) groups excluding carboxylic acids is 2. The molecule has 1 saturated heterocycles. The van der Waals surface area contributed by atoms with Crippen LogP contribution in [0.5, 0.6) is 0 Å². The summed E-state index contributed by atoms with van der Waals surface area (Å²) < 4.78 is 0. The second kappa shape index (κ2) is 6.00. The largest absolute Gasteiger partial charge is 0.397 e. The number of rotatable bonds is 3. The number of amides is 3. The summed E-state index contributed by atoms with van der Waals surface area (Å²) in [6, 6.07) is 6.69. The summed E-state index contributed by atoms with van der Waals surface area (Å²) in [7, 11) is 1.70. The molecule has 8 heteroatoms. The molecule has 27 heavy (non-hydrogen) atoms. The number of urea groups is 1. The van der Waals surface area contributed by atoms with Crippen molar-refractivity contribution in [2.24, 2.45) is 10.9 Å². The van der Waals surface area contributed by atoms with Crippen molar-refractivity contribution in [2.75, 3.05) is 24.2 Å². The van der Waals surface area contributed by atoms with Crippen molar-refractivity contribution in [3.05, 3.63) is 36.2 Å². The minimum Gasteiger partial charge on any atom is -0.397 e. The molecule has 142 valence electrons. The van der Waals surface area contributed by atoms with Crippen LogP contribution in [0, 0.1) is 5.92 Å². The Kier molecular flexibility index (Phi) is 3.87. The smallest absolute Gasteiger partial charge is 0.328 e. The topological polar surface area (TPSA) is 85.5 Å². The summed E-state index contributed by atoms with van der Waals surface area (Å²) in [6.45, 7) is 6.33. The van der Waals surface area contributed by atoms with E-state index in [1.807, 2.05) is 61.0 Å². The number of anilines is 2. The van der Waals surface area contributed by atoms with Gasteiger partial charge in [0.15, 0.2) is 12.2 Å². The molecule has 3 aliphatic heterocycles. The first-order chi connectivity index (χ1) is 12.8. The highest BCUT2D eigenvalue weighted by Gasteiger charge is 2.54. The average Bonchev–Trinajstić information content (AvgIpc) is 3.12. The monoisotopic (exact) mass is 368 g/mol. The third-order valence-electron chi connectivity index (χ3n) is 5.11. The molecule has 1 aromatic rings. The second-order valence-corrected chi connectivity index (χ2v) is 7.60. The number of hydrogen-bond donors (Lipinski definition) is 1. The Hall–Kier alpha value is -3.03. The van der Waals surface area contributed by atoms with Crippen molar-refractivity contribution in [3.8, 4) is 0 Å². The highest BCUT2D eigenvalue weighted by Crippen LogP contribution is 2.38. The van der Waals surface area contributed by atoms with E-state index in [0.717, 1.165) is 11.4 Å². The molecule has 1 fully saturated rings. The molecule has 3 aliphatic rings. The predicted octanol–water partition coefficient (Wildman–Crippen LogP) is 1.87. The molecular formula is C19H24N6O2. The van der Waals surface area contributed by atoms with E-state index in [1.54, 1.807) is 11.9 Å². The Morgan fingerprint density at radius 2 is 1.93 bits per heavy atom. The maximum atomic E-state index is 13.1. The quantitative estimate of drug-likeness (QED) is 0.823. The SMILES string of the molecule is CC1=CN2C(=NC3C2C(=O)N(CC(C)C)C(=O)N3C)N1c1ccccc1N. The van der Waals surface area contributed by atoms with E-state index in [0.29, 0.717) is 18.2 Å². The lowest BCUT2D eigenvalue weighted by Crippen LogP contribution is -2.64. The zero-order valence-electron chi connectivity index (χ0n) is 16.0. The predicted molar refractivity (Wildman–Crippen MR) is 104 cm³/mol. The summed E-state index contributed by atoms with van der Waals surface area (Å²) in [5.74, 6) is 0.614. The Morgan fingerprint density at radius 1 is 1.22 bits per heavy atom. The number of guanidine groups is 1. The summed E-state index contributed by atoms with van der Waals surface area (Å²) in [5.41, 5.74) is 8.53. The lowest BCUT2D eigenvalue weighted by Gasteiger charge is -2.40. The lowest BCUT2D eigenvalue weighted by atomic mass is 10.1. The Morgan fingerprint density at radius 3 is 2.59 bits per heavy atom. The highest BCUT2D eigenvalue weighted by molar-refractivity contribution is 6.10. The molecule has 4 rings (SSSR count). The van der Waals surface area contributed by atoms with E-state index in [4.69, 9.17) is 10.7 Å². The normalized spacial score (nSPS) is 24.5. The van der Waals surface area contributed by atoms with Crippen molar-refractivity contribution in [3.63, 3.8) is 0 Å². The highest BCUT2D eigenvalue weighted by atomic mass is 16.2. The van der Waals surface area contributed by atoms with Gasteiger partial charge in [0.2, 0.25) is 5.96 Å². The lowest BCUT2D eigenvalue weighted by molar-refractivity contribution is -0.137. The molecule has 0 radical (unpaired) electrons. The second-order valence-electron chi connectivity index (χ2n) is 7.60. The number of likely N-dealkylation sites (N-methyl/N-ethyl adjacent to an activating group) is 1.